The summed E-state index contributed by atoms with van der Waals surface area (Å²) in [6.07, 6.45) is 4.74. The zero-order chi connectivity index (χ0) is 14.1. The van der Waals surface area contributed by atoms with Gasteiger partial charge in [0.05, 0.1) is 12.6 Å². The van der Waals surface area contributed by atoms with E-state index in [2.05, 4.69) is 15.3 Å². The fourth-order valence-corrected chi connectivity index (χ4v) is 2.16. The maximum absolute atomic E-state index is 12.0. The third kappa shape index (κ3) is 2.11. The smallest absolute Gasteiger partial charge is 0.275 e. The van der Waals surface area contributed by atoms with Crippen LogP contribution in [-0.2, 0) is 11.2 Å². The number of carbonyl (C=O) groups excluding carboxylic acids is 2. The summed E-state index contributed by atoms with van der Waals surface area (Å²) >= 11 is 0. The maximum atomic E-state index is 12.0. The van der Waals surface area contributed by atoms with Crippen LogP contribution >= 0.6 is 0 Å². The van der Waals surface area contributed by atoms with Crippen LogP contribution in [0.3, 0.4) is 0 Å². The molecule has 1 aromatic heterocycles. The van der Waals surface area contributed by atoms with Gasteiger partial charge in [-0.2, -0.15) is 0 Å². The lowest BCUT2D eigenvalue weighted by Gasteiger charge is -2.11. The summed E-state index contributed by atoms with van der Waals surface area (Å²) in [5, 5.41) is 2.75. The summed E-state index contributed by atoms with van der Waals surface area (Å²) in [6, 6.07) is 5.40. The monoisotopic (exact) mass is 268 g/mol. The molecule has 6 nitrogen and oxygen atoms in total. The molecule has 2 amide bonds. The number of anilines is 2. The maximum Gasteiger partial charge on any atom is 0.275 e. The van der Waals surface area contributed by atoms with Gasteiger partial charge in [-0.1, -0.05) is 0 Å². The Morgan fingerprint density at radius 1 is 1.35 bits per heavy atom. The molecule has 0 bridgehead atoms. The van der Waals surface area contributed by atoms with E-state index in [1.807, 2.05) is 12.1 Å². The van der Waals surface area contributed by atoms with Crippen LogP contribution < -0.4 is 10.2 Å². The van der Waals surface area contributed by atoms with Crippen LogP contribution in [0, 0.1) is 0 Å². The predicted octanol–water partition coefficient (Wildman–Crippen LogP) is 1.25. The van der Waals surface area contributed by atoms with Crippen molar-refractivity contribution in [3.63, 3.8) is 0 Å². The van der Waals surface area contributed by atoms with Gasteiger partial charge in [0.25, 0.3) is 5.91 Å². The summed E-state index contributed by atoms with van der Waals surface area (Å²) in [5.74, 6) is -0.270. The Bertz CT molecular complexity index is 685. The Kier molecular flexibility index (Phi) is 2.90. The van der Waals surface area contributed by atoms with Gasteiger partial charge < -0.3 is 10.2 Å². The summed E-state index contributed by atoms with van der Waals surface area (Å²) < 4.78 is 0. The average Bonchev–Trinajstić information content (AvgIpc) is 2.74. The van der Waals surface area contributed by atoms with Crippen LogP contribution in [0.1, 0.15) is 16.1 Å². The van der Waals surface area contributed by atoms with E-state index in [9.17, 15) is 9.59 Å². The Morgan fingerprint density at radius 2 is 2.20 bits per heavy atom. The summed E-state index contributed by atoms with van der Waals surface area (Å²) in [4.78, 5) is 33.0. The van der Waals surface area contributed by atoms with Gasteiger partial charge in [-0.05, 0) is 23.8 Å². The standard InChI is InChI=1S/C14H12N4O2/c1-18-12-3-2-10(6-9(12)7-13(18)19)17-14(20)11-8-15-4-5-16-11/h2-6,8H,7H2,1H3,(H,17,20). The minimum absolute atomic E-state index is 0.0532. The summed E-state index contributed by atoms with van der Waals surface area (Å²) in [6.45, 7) is 0. The van der Waals surface area contributed by atoms with Crippen molar-refractivity contribution < 1.29 is 9.59 Å². The first-order valence-corrected chi connectivity index (χ1v) is 6.12. The van der Waals surface area contributed by atoms with Gasteiger partial charge in [0.2, 0.25) is 5.91 Å². The zero-order valence-corrected chi connectivity index (χ0v) is 10.8. The van der Waals surface area contributed by atoms with Crippen LogP contribution in [0.4, 0.5) is 11.4 Å². The van der Waals surface area contributed by atoms with E-state index in [1.54, 1.807) is 18.0 Å². The highest BCUT2D eigenvalue weighted by Gasteiger charge is 2.24. The minimum atomic E-state index is -0.323. The van der Waals surface area contributed by atoms with Crippen molar-refractivity contribution in [2.24, 2.45) is 0 Å². The lowest BCUT2D eigenvalue weighted by molar-refractivity contribution is -0.117. The molecule has 20 heavy (non-hydrogen) atoms. The molecule has 1 aliphatic heterocycles. The molecule has 1 aromatic carbocycles. The number of rotatable bonds is 2. The van der Waals surface area contributed by atoms with Crippen molar-refractivity contribution in [1.82, 2.24) is 9.97 Å². The van der Waals surface area contributed by atoms with E-state index in [0.29, 0.717) is 12.1 Å². The number of amides is 2. The summed E-state index contributed by atoms with van der Waals surface area (Å²) in [5.41, 5.74) is 2.69. The lowest BCUT2D eigenvalue weighted by atomic mass is 10.1. The number of benzene rings is 1. The molecular weight excluding hydrogens is 256 g/mol. The zero-order valence-electron chi connectivity index (χ0n) is 10.8. The van der Waals surface area contributed by atoms with E-state index in [0.717, 1.165) is 11.3 Å². The van der Waals surface area contributed by atoms with Gasteiger partial charge in [-0.15, -0.1) is 0 Å². The SMILES string of the molecule is CN1C(=O)Cc2cc(NC(=O)c3cnccn3)ccc21. The van der Waals surface area contributed by atoms with Crippen LogP contribution in [0.25, 0.3) is 0 Å². The molecule has 0 unspecified atom stereocenters. The Morgan fingerprint density at radius 3 is 2.95 bits per heavy atom. The second-order valence-electron chi connectivity index (χ2n) is 4.52. The van der Waals surface area contributed by atoms with Crippen LogP contribution in [-0.4, -0.2) is 28.8 Å². The average molecular weight is 268 g/mol. The molecule has 3 rings (SSSR count). The molecule has 0 atom stereocenters. The third-order valence-corrected chi connectivity index (χ3v) is 3.21. The van der Waals surface area contributed by atoms with Crippen molar-refractivity contribution in [3.8, 4) is 0 Å². The number of carbonyl (C=O) groups is 2. The molecule has 100 valence electrons. The Labute approximate surface area is 115 Å². The van der Waals surface area contributed by atoms with E-state index in [1.165, 1.54) is 18.6 Å². The van der Waals surface area contributed by atoms with Gasteiger partial charge >= 0.3 is 0 Å². The van der Waals surface area contributed by atoms with Crippen molar-refractivity contribution in [2.75, 3.05) is 17.3 Å². The topological polar surface area (TPSA) is 75.2 Å². The molecule has 6 heteroatoms. The van der Waals surface area contributed by atoms with Gasteiger partial charge in [-0.25, -0.2) is 4.98 Å². The summed E-state index contributed by atoms with van der Waals surface area (Å²) in [7, 11) is 1.74. The highest BCUT2D eigenvalue weighted by Crippen LogP contribution is 2.29. The van der Waals surface area contributed by atoms with E-state index in [-0.39, 0.29) is 17.5 Å². The number of nitrogens with one attached hydrogen (secondary N) is 1. The third-order valence-electron chi connectivity index (χ3n) is 3.21. The highest BCUT2D eigenvalue weighted by atomic mass is 16.2. The minimum Gasteiger partial charge on any atom is -0.321 e. The van der Waals surface area contributed by atoms with Gasteiger partial charge in [0.1, 0.15) is 5.69 Å². The van der Waals surface area contributed by atoms with Gasteiger partial charge in [0, 0.05) is 30.8 Å². The van der Waals surface area contributed by atoms with Crippen LogP contribution in [0.2, 0.25) is 0 Å². The molecule has 2 heterocycles. The molecule has 0 saturated carbocycles. The first-order chi connectivity index (χ1) is 9.65. The first-order valence-electron chi connectivity index (χ1n) is 6.12. The molecule has 2 aromatic rings. The number of hydrogen-bond acceptors (Lipinski definition) is 4. The van der Waals surface area contributed by atoms with Crippen LogP contribution in [0.5, 0.6) is 0 Å². The molecule has 1 aliphatic rings. The molecule has 1 N–H and O–H groups in total. The van der Waals surface area contributed by atoms with Crippen molar-refractivity contribution in [2.45, 2.75) is 6.42 Å². The molecule has 0 radical (unpaired) electrons. The van der Waals surface area contributed by atoms with Crippen LogP contribution in [0.15, 0.2) is 36.8 Å². The fraction of sp³-hybridized carbons (Fsp3) is 0.143. The van der Waals surface area contributed by atoms with Crippen molar-refractivity contribution >= 4 is 23.2 Å². The number of aromatic nitrogens is 2. The van der Waals surface area contributed by atoms with Crippen molar-refractivity contribution in [1.29, 1.82) is 0 Å². The fourth-order valence-electron chi connectivity index (χ4n) is 2.16. The second-order valence-corrected chi connectivity index (χ2v) is 4.52. The predicted molar refractivity (Wildman–Crippen MR) is 73.5 cm³/mol. The molecule has 0 saturated heterocycles. The highest BCUT2D eigenvalue weighted by molar-refractivity contribution is 6.04. The quantitative estimate of drug-likeness (QED) is 0.889. The lowest BCUT2D eigenvalue weighted by Crippen LogP contribution is -2.20. The Hall–Kier alpha value is -2.76. The molecule has 0 spiro atoms. The van der Waals surface area contributed by atoms with Gasteiger partial charge in [-0.3, -0.25) is 14.6 Å². The number of nitrogens with zero attached hydrogens (tertiary/aromatic N) is 3. The van der Waals surface area contributed by atoms with Gasteiger partial charge in [0.15, 0.2) is 0 Å². The second kappa shape index (κ2) is 4.73. The van der Waals surface area contributed by atoms with E-state index < -0.39 is 0 Å². The van der Waals surface area contributed by atoms with Crippen molar-refractivity contribution in [3.05, 3.63) is 48.0 Å². The van der Waals surface area contributed by atoms with E-state index >= 15 is 0 Å². The van der Waals surface area contributed by atoms with E-state index in [4.69, 9.17) is 0 Å². The largest absolute Gasteiger partial charge is 0.321 e. The number of hydrogen-bond donors (Lipinski definition) is 1. The molecular formula is C14H12N4O2. The number of likely N-dealkylation sites (N-methyl/N-ethyl adjacent to an activating group) is 1. The molecule has 0 fully saturated rings. The first kappa shape index (κ1) is 12.3. The molecule has 0 aliphatic carbocycles. The normalized spacial score (nSPS) is 13.2. The number of fused-ring (bicyclic) bond motifs is 1. The Balaban J connectivity index is 1.82.